The van der Waals surface area contributed by atoms with Gasteiger partial charge in [-0.25, -0.2) is 9.36 Å². The smallest absolute Gasteiger partial charge is 0.337 e. The van der Waals surface area contributed by atoms with Crippen molar-refractivity contribution >= 4 is 27.5 Å². The van der Waals surface area contributed by atoms with Crippen LogP contribution >= 0.6 is 11.3 Å². The van der Waals surface area contributed by atoms with Crippen LogP contribution in [0.4, 0.5) is 0 Å². The highest BCUT2D eigenvalue weighted by atomic mass is 32.1. The van der Waals surface area contributed by atoms with E-state index in [9.17, 15) is 14.4 Å². The van der Waals surface area contributed by atoms with E-state index in [4.69, 9.17) is 4.74 Å². The molecule has 0 saturated heterocycles. The quantitative estimate of drug-likeness (QED) is 0.602. The third-order valence-electron chi connectivity index (χ3n) is 4.92. The summed E-state index contributed by atoms with van der Waals surface area (Å²) in [5, 5.41) is 3.30. The topological polar surface area (TPSA) is 82.3 Å². The van der Waals surface area contributed by atoms with Gasteiger partial charge in [0.25, 0.3) is 5.56 Å². The Bertz CT molecular complexity index is 1170. The summed E-state index contributed by atoms with van der Waals surface area (Å²) < 4.78 is 7.74. The molecule has 0 unspecified atom stereocenters. The highest BCUT2D eigenvalue weighted by molar-refractivity contribution is 7.18. The molecule has 0 spiro atoms. The van der Waals surface area contributed by atoms with Crippen LogP contribution < -0.4 is 21.3 Å². The second-order valence-corrected chi connectivity index (χ2v) is 8.08. The number of ether oxygens (including phenoxy) is 1. The molecule has 3 aromatic rings. The molecule has 3 rings (SSSR count). The Hall–Kier alpha value is -2.87. The maximum absolute atomic E-state index is 13.3. The molecule has 29 heavy (non-hydrogen) atoms. The molecule has 8 heteroatoms. The van der Waals surface area contributed by atoms with Gasteiger partial charge in [0.2, 0.25) is 5.91 Å². The van der Waals surface area contributed by atoms with Crippen LogP contribution in [0, 0.1) is 13.8 Å². The Morgan fingerprint density at radius 2 is 2.00 bits per heavy atom. The van der Waals surface area contributed by atoms with Crippen molar-refractivity contribution in [3.05, 3.63) is 55.5 Å². The van der Waals surface area contributed by atoms with E-state index in [-0.39, 0.29) is 18.0 Å². The Morgan fingerprint density at radius 1 is 1.24 bits per heavy atom. The Labute approximate surface area is 172 Å². The molecule has 2 aromatic heterocycles. The van der Waals surface area contributed by atoms with Crippen LogP contribution in [0.15, 0.2) is 33.9 Å². The highest BCUT2D eigenvalue weighted by Gasteiger charge is 2.21. The molecule has 2 heterocycles. The van der Waals surface area contributed by atoms with Crippen LogP contribution in [0.3, 0.4) is 0 Å². The highest BCUT2D eigenvalue weighted by Crippen LogP contribution is 2.27. The van der Waals surface area contributed by atoms with Gasteiger partial charge in [0.15, 0.2) is 0 Å². The molecule has 0 aliphatic heterocycles. The summed E-state index contributed by atoms with van der Waals surface area (Å²) >= 11 is 1.36. The maximum Gasteiger partial charge on any atom is 0.337 e. The standard InChI is InChI=1S/C21H25N3O4S/c1-5-6-10-22-17(25)12-23-20-18(13(2)14(3)29-20)19(26)24(21(23)27)15-8-7-9-16(11-15)28-4/h7-9,11H,5-6,10,12H2,1-4H3,(H,22,25). The van der Waals surface area contributed by atoms with Crippen molar-refractivity contribution in [3.8, 4) is 11.4 Å². The summed E-state index contributed by atoms with van der Waals surface area (Å²) in [6.07, 6.45) is 1.84. The summed E-state index contributed by atoms with van der Waals surface area (Å²) in [7, 11) is 1.52. The second kappa shape index (κ2) is 8.65. The molecule has 0 bridgehead atoms. The molecule has 0 aliphatic rings. The number of carbonyl (C=O) groups is 1. The normalized spacial score (nSPS) is 11.0. The number of amides is 1. The molecular weight excluding hydrogens is 390 g/mol. The zero-order valence-corrected chi connectivity index (χ0v) is 17.9. The fraction of sp³-hybridized carbons (Fsp3) is 0.381. The minimum atomic E-state index is -0.539. The maximum atomic E-state index is 13.3. The number of rotatable bonds is 7. The number of fused-ring (bicyclic) bond motifs is 1. The monoisotopic (exact) mass is 415 g/mol. The zero-order valence-electron chi connectivity index (χ0n) is 17.1. The first-order valence-electron chi connectivity index (χ1n) is 9.55. The predicted molar refractivity (Wildman–Crippen MR) is 116 cm³/mol. The fourth-order valence-electron chi connectivity index (χ4n) is 3.18. The fourth-order valence-corrected chi connectivity index (χ4v) is 4.32. The van der Waals surface area contributed by atoms with Gasteiger partial charge in [0.1, 0.15) is 17.1 Å². The summed E-state index contributed by atoms with van der Waals surface area (Å²) in [5.41, 5.74) is 0.307. The lowest BCUT2D eigenvalue weighted by Gasteiger charge is -2.13. The number of thiophene rings is 1. The predicted octanol–water partition coefficient (Wildman–Crippen LogP) is 2.76. The molecule has 7 nitrogen and oxygen atoms in total. The lowest BCUT2D eigenvalue weighted by Crippen LogP contribution is -2.41. The number of benzene rings is 1. The number of hydrogen-bond donors (Lipinski definition) is 1. The van der Waals surface area contributed by atoms with Crippen LogP contribution in [0.5, 0.6) is 5.75 Å². The number of aromatic nitrogens is 2. The number of nitrogens with one attached hydrogen (secondary N) is 1. The minimum absolute atomic E-state index is 0.136. The molecule has 0 saturated carbocycles. The molecular formula is C21H25N3O4S. The first kappa shape index (κ1) is 20.9. The van der Waals surface area contributed by atoms with E-state index >= 15 is 0 Å². The summed E-state index contributed by atoms with van der Waals surface area (Å²) in [6, 6.07) is 6.77. The zero-order chi connectivity index (χ0) is 21.1. The van der Waals surface area contributed by atoms with E-state index in [0.29, 0.717) is 28.2 Å². The number of carbonyl (C=O) groups excluding carboxylic acids is 1. The van der Waals surface area contributed by atoms with Crippen molar-refractivity contribution in [2.45, 2.75) is 40.2 Å². The Morgan fingerprint density at radius 3 is 2.69 bits per heavy atom. The molecule has 0 aliphatic carbocycles. The van der Waals surface area contributed by atoms with Crippen LogP contribution in [0.25, 0.3) is 15.9 Å². The van der Waals surface area contributed by atoms with Crippen molar-refractivity contribution in [1.29, 1.82) is 0 Å². The minimum Gasteiger partial charge on any atom is -0.497 e. The molecule has 154 valence electrons. The Kier molecular flexibility index (Phi) is 6.22. The SMILES string of the molecule is CCCCNC(=O)Cn1c(=O)n(-c2cccc(OC)c2)c(=O)c2c(C)c(C)sc21. The molecule has 1 aromatic carbocycles. The first-order chi connectivity index (χ1) is 13.9. The number of aryl methyl sites for hydroxylation is 2. The van der Waals surface area contributed by atoms with Crippen LogP contribution in [0.1, 0.15) is 30.2 Å². The molecule has 0 fully saturated rings. The first-order valence-corrected chi connectivity index (χ1v) is 10.4. The molecule has 1 amide bonds. The van der Waals surface area contributed by atoms with E-state index in [1.165, 1.54) is 23.0 Å². The van der Waals surface area contributed by atoms with Crippen molar-refractivity contribution in [1.82, 2.24) is 14.5 Å². The summed E-state index contributed by atoms with van der Waals surface area (Å²) in [6.45, 7) is 6.24. The molecule has 0 radical (unpaired) electrons. The van der Waals surface area contributed by atoms with E-state index in [0.717, 1.165) is 27.8 Å². The number of unbranched alkanes of at least 4 members (excludes halogenated alkanes) is 1. The van der Waals surface area contributed by atoms with Gasteiger partial charge in [-0.3, -0.25) is 14.2 Å². The van der Waals surface area contributed by atoms with Gasteiger partial charge >= 0.3 is 5.69 Å². The van der Waals surface area contributed by atoms with Crippen molar-refractivity contribution in [2.75, 3.05) is 13.7 Å². The molecule has 1 N–H and O–H groups in total. The van der Waals surface area contributed by atoms with Crippen LogP contribution in [0.2, 0.25) is 0 Å². The van der Waals surface area contributed by atoms with Crippen LogP contribution in [-0.2, 0) is 11.3 Å². The number of hydrogen-bond acceptors (Lipinski definition) is 5. The molecule has 0 atom stereocenters. The van der Waals surface area contributed by atoms with Crippen molar-refractivity contribution in [3.63, 3.8) is 0 Å². The number of nitrogens with zero attached hydrogens (tertiary/aromatic N) is 2. The van der Waals surface area contributed by atoms with Gasteiger partial charge in [-0.2, -0.15) is 0 Å². The van der Waals surface area contributed by atoms with Crippen LogP contribution in [-0.4, -0.2) is 28.7 Å². The largest absolute Gasteiger partial charge is 0.497 e. The third-order valence-corrected chi connectivity index (χ3v) is 6.15. The van der Waals surface area contributed by atoms with Gasteiger partial charge in [0.05, 0.1) is 18.2 Å². The van der Waals surface area contributed by atoms with E-state index in [1.807, 2.05) is 20.8 Å². The third kappa shape index (κ3) is 3.98. The van der Waals surface area contributed by atoms with Gasteiger partial charge < -0.3 is 10.1 Å². The summed E-state index contributed by atoms with van der Waals surface area (Å²) in [4.78, 5) is 40.5. The average molecular weight is 416 g/mol. The van der Waals surface area contributed by atoms with Crippen molar-refractivity contribution in [2.24, 2.45) is 0 Å². The van der Waals surface area contributed by atoms with Gasteiger partial charge in [0, 0.05) is 17.5 Å². The van der Waals surface area contributed by atoms with Gasteiger partial charge in [-0.05, 0) is 38.0 Å². The number of methoxy groups -OCH3 is 1. The van der Waals surface area contributed by atoms with E-state index < -0.39 is 5.69 Å². The van der Waals surface area contributed by atoms with E-state index in [1.54, 1.807) is 24.3 Å². The lowest BCUT2D eigenvalue weighted by atomic mass is 10.2. The summed E-state index contributed by atoms with van der Waals surface area (Å²) in [5.74, 6) is 0.289. The second-order valence-electron chi connectivity index (χ2n) is 6.88. The van der Waals surface area contributed by atoms with Gasteiger partial charge in [-0.1, -0.05) is 19.4 Å². The average Bonchev–Trinajstić information content (AvgIpc) is 3.00. The lowest BCUT2D eigenvalue weighted by molar-refractivity contribution is -0.121. The van der Waals surface area contributed by atoms with Crippen molar-refractivity contribution < 1.29 is 9.53 Å². The van der Waals surface area contributed by atoms with E-state index in [2.05, 4.69) is 5.32 Å². The van der Waals surface area contributed by atoms with Gasteiger partial charge in [-0.15, -0.1) is 11.3 Å². The Balaban J connectivity index is 2.22.